The molecule has 2 aromatic rings. The highest BCUT2D eigenvalue weighted by atomic mass is 16.5. The highest BCUT2D eigenvalue weighted by Crippen LogP contribution is 2.42. The largest absolute Gasteiger partial charge is 0.493 e. The van der Waals surface area contributed by atoms with Crippen LogP contribution in [0.15, 0.2) is 30.3 Å². The minimum Gasteiger partial charge on any atom is -0.493 e. The average Bonchev–Trinajstić information content (AvgIpc) is 3.07. The lowest BCUT2D eigenvalue weighted by atomic mass is 10.1. The molecule has 0 bridgehead atoms. The van der Waals surface area contributed by atoms with Crippen molar-refractivity contribution in [3.8, 4) is 17.2 Å². The third kappa shape index (κ3) is 4.29. The van der Waals surface area contributed by atoms with Gasteiger partial charge in [0.05, 0.1) is 32.9 Å². The lowest BCUT2D eigenvalue weighted by Crippen LogP contribution is -2.28. The minimum atomic E-state index is -0.442. The van der Waals surface area contributed by atoms with Crippen LogP contribution in [-0.2, 0) is 9.59 Å². The molecule has 0 aliphatic carbocycles. The molecule has 7 heteroatoms. The molecular weight excluding hydrogens is 372 g/mol. The summed E-state index contributed by atoms with van der Waals surface area (Å²) in [6, 6.07) is 9.30. The fourth-order valence-electron chi connectivity index (χ4n) is 3.65. The van der Waals surface area contributed by atoms with Crippen molar-refractivity contribution < 1.29 is 23.8 Å². The maximum atomic E-state index is 12.7. The van der Waals surface area contributed by atoms with Crippen LogP contribution < -0.4 is 24.4 Å². The summed E-state index contributed by atoms with van der Waals surface area (Å²) in [4.78, 5) is 27.0. The Bertz CT molecular complexity index is 896. The zero-order valence-electron chi connectivity index (χ0n) is 17.4. The van der Waals surface area contributed by atoms with Gasteiger partial charge < -0.3 is 24.4 Å². The van der Waals surface area contributed by atoms with Crippen molar-refractivity contribution in [2.45, 2.75) is 20.3 Å². The van der Waals surface area contributed by atoms with Gasteiger partial charge in [0.2, 0.25) is 17.6 Å². The summed E-state index contributed by atoms with van der Waals surface area (Å²) >= 11 is 0. The molecule has 0 aromatic heterocycles. The van der Waals surface area contributed by atoms with Gasteiger partial charge in [-0.15, -0.1) is 0 Å². The van der Waals surface area contributed by atoms with E-state index >= 15 is 0 Å². The lowest BCUT2D eigenvalue weighted by Gasteiger charge is -2.20. The van der Waals surface area contributed by atoms with Crippen molar-refractivity contribution in [3.05, 3.63) is 41.5 Å². The Morgan fingerprint density at radius 3 is 2.07 bits per heavy atom. The molecule has 1 unspecified atom stereocenters. The number of anilines is 2. The summed E-state index contributed by atoms with van der Waals surface area (Å²) in [5, 5.41) is 2.93. The lowest BCUT2D eigenvalue weighted by molar-refractivity contribution is -0.122. The minimum absolute atomic E-state index is 0.125. The van der Waals surface area contributed by atoms with Crippen molar-refractivity contribution in [2.75, 3.05) is 38.1 Å². The third-order valence-electron chi connectivity index (χ3n) is 4.95. The van der Waals surface area contributed by atoms with Gasteiger partial charge in [-0.05, 0) is 37.1 Å². The van der Waals surface area contributed by atoms with Crippen molar-refractivity contribution in [3.63, 3.8) is 0 Å². The summed E-state index contributed by atoms with van der Waals surface area (Å²) in [5.74, 6) is 0.630. The Hall–Kier alpha value is -3.22. The quantitative estimate of drug-likeness (QED) is 0.808. The van der Waals surface area contributed by atoms with Gasteiger partial charge in [-0.1, -0.05) is 6.07 Å². The van der Waals surface area contributed by atoms with E-state index in [0.717, 1.165) is 16.8 Å². The Balaban J connectivity index is 1.80. The van der Waals surface area contributed by atoms with Crippen LogP contribution in [0.25, 0.3) is 0 Å². The van der Waals surface area contributed by atoms with Gasteiger partial charge in [0.1, 0.15) is 0 Å². The van der Waals surface area contributed by atoms with Gasteiger partial charge in [-0.25, -0.2) is 0 Å². The predicted octanol–water partition coefficient (Wildman–Crippen LogP) is 3.32. The Morgan fingerprint density at radius 2 is 1.55 bits per heavy atom. The molecule has 1 aliphatic rings. The molecule has 3 rings (SSSR count). The smallest absolute Gasteiger partial charge is 0.229 e. The Kier molecular flexibility index (Phi) is 5.96. The van der Waals surface area contributed by atoms with Gasteiger partial charge in [0.25, 0.3) is 0 Å². The van der Waals surface area contributed by atoms with Crippen molar-refractivity contribution in [2.24, 2.45) is 5.92 Å². The molecule has 2 aromatic carbocycles. The molecule has 0 radical (unpaired) electrons. The average molecular weight is 398 g/mol. The summed E-state index contributed by atoms with van der Waals surface area (Å²) in [7, 11) is 4.56. The zero-order chi connectivity index (χ0) is 21.1. The van der Waals surface area contributed by atoms with Gasteiger partial charge in [-0.3, -0.25) is 9.59 Å². The second-order valence-corrected chi connectivity index (χ2v) is 7.15. The topological polar surface area (TPSA) is 77.1 Å². The molecule has 1 aliphatic heterocycles. The predicted molar refractivity (Wildman–Crippen MR) is 111 cm³/mol. The number of nitrogens with zero attached hydrogens (tertiary/aromatic N) is 1. The summed E-state index contributed by atoms with van der Waals surface area (Å²) in [5.41, 5.74) is 3.49. The number of benzene rings is 2. The summed E-state index contributed by atoms with van der Waals surface area (Å²) in [6.45, 7) is 4.25. The fraction of sp³-hybridized carbons (Fsp3) is 0.364. The first kappa shape index (κ1) is 20.5. The van der Waals surface area contributed by atoms with Crippen molar-refractivity contribution >= 4 is 23.2 Å². The second-order valence-electron chi connectivity index (χ2n) is 7.15. The third-order valence-corrected chi connectivity index (χ3v) is 4.95. The second kappa shape index (κ2) is 8.43. The monoisotopic (exact) mass is 398 g/mol. The summed E-state index contributed by atoms with van der Waals surface area (Å²) in [6.07, 6.45) is 0.146. The normalized spacial score (nSPS) is 16.0. The van der Waals surface area contributed by atoms with Crippen LogP contribution in [0.1, 0.15) is 17.5 Å². The number of rotatable bonds is 6. The molecule has 0 spiro atoms. The number of carbonyl (C=O) groups is 2. The number of amides is 2. The van der Waals surface area contributed by atoms with E-state index in [-0.39, 0.29) is 24.8 Å². The van der Waals surface area contributed by atoms with E-state index in [1.54, 1.807) is 17.0 Å². The molecule has 29 heavy (non-hydrogen) atoms. The number of hydrogen-bond donors (Lipinski definition) is 1. The van der Waals surface area contributed by atoms with Crippen molar-refractivity contribution in [1.29, 1.82) is 0 Å². The SMILES string of the molecule is COc1cc(N2CC(C(=O)Nc3cc(C)cc(C)c3)CC2=O)cc(OC)c1OC. The van der Waals surface area contributed by atoms with Crippen LogP contribution in [0.2, 0.25) is 0 Å². The zero-order valence-corrected chi connectivity index (χ0v) is 17.4. The van der Waals surface area contributed by atoms with Gasteiger partial charge in [0, 0.05) is 30.8 Å². The van der Waals surface area contributed by atoms with E-state index in [2.05, 4.69) is 5.32 Å². The van der Waals surface area contributed by atoms with E-state index < -0.39 is 5.92 Å². The molecule has 1 N–H and O–H groups in total. The molecule has 0 saturated carbocycles. The van der Waals surface area contributed by atoms with Gasteiger partial charge >= 0.3 is 0 Å². The first-order chi connectivity index (χ1) is 13.9. The number of methoxy groups -OCH3 is 3. The fourth-order valence-corrected chi connectivity index (χ4v) is 3.65. The maximum Gasteiger partial charge on any atom is 0.229 e. The summed E-state index contributed by atoms with van der Waals surface area (Å²) < 4.78 is 16.1. The van der Waals surface area contributed by atoms with Crippen LogP contribution in [0.5, 0.6) is 17.2 Å². The maximum absolute atomic E-state index is 12.7. The highest BCUT2D eigenvalue weighted by molar-refractivity contribution is 6.03. The molecule has 1 saturated heterocycles. The van der Waals surface area contributed by atoms with Crippen LogP contribution in [0.3, 0.4) is 0 Å². The van der Waals surface area contributed by atoms with E-state index in [1.807, 2.05) is 32.0 Å². The number of carbonyl (C=O) groups excluding carboxylic acids is 2. The standard InChI is InChI=1S/C22H26N2O5/c1-13-6-14(2)8-16(7-13)23-22(26)15-9-20(25)24(12-15)17-10-18(27-3)21(29-5)19(11-17)28-4/h6-8,10-11,15H,9,12H2,1-5H3,(H,23,26). The number of aryl methyl sites for hydroxylation is 2. The number of hydrogen-bond acceptors (Lipinski definition) is 5. The molecule has 7 nitrogen and oxygen atoms in total. The Labute approximate surface area is 170 Å². The molecule has 154 valence electrons. The van der Waals surface area contributed by atoms with Crippen molar-refractivity contribution in [1.82, 2.24) is 0 Å². The molecule has 1 heterocycles. The van der Waals surface area contributed by atoms with Gasteiger partial charge in [-0.2, -0.15) is 0 Å². The number of ether oxygens (including phenoxy) is 3. The van der Waals surface area contributed by atoms with E-state index in [0.29, 0.717) is 22.9 Å². The van der Waals surface area contributed by atoms with Crippen LogP contribution in [-0.4, -0.2) is 39.7 Å². The van der Waals surface area contributed by atoms with Crippen LogP contribution >= 0.6 is 0 Å². The highest BCUT2D eigenvalue weighted by Gasteiger charge is 2.36. The first-order valence-corrected chi connectivity index (χ1v) is 9.35. The van der Waals surface area contributed by atoms with Gasteiger partial charge in [0.15, 0.2) is 11.5 Å². The Morgan fingerprint density at radius 1 is 0.966 bits per heavy atom. The number of nitrogens with one attached hydrogen (secondary N) is 1. The molecule has 2 amide bonds. The van der Waals surface area contributed by atoms with E-state index in [9.17, 15) is 9.59 Å². The molecular formula is C22H26N2O5. The van der Waals surface area contributed by atoms with E-state index in [4.69, 9.17) is 14.2 Å². The van der Waals surface area contributed by atoms with E-state index in [1.165, 1.54) is 21.3 Å². The first-order valence-electron chi connectivity index (χ1n) is 9.35. The molecule has 1 atom stereocenters. The van der Waals surface area contributed by atoms with Crippen LogP contribution in [0, 0.1) is 19.8 Å². The van der Waals surface area contributed by atoms with Crippen LogP contribution in [0.4, 0.5) is 11.4 Å². The molecule has 1 fully saturated rings.